The molecule has 0 aliphatic carbocycles. The van der Waals surface area contributed by atoms with Gasteiger partial charge in [0.1, 0.15) is 10.6 Å². The fraction of sp³-hybridized carbons (Fsp3) is 0.0769. The maximum Gasteiger partial charge on any atom is 0.223 e. The molecule has 3 rings (SSSR count). The van der Waals surface area contributed by atoms with Gasteiger partial charge in [0.15, 0.2) is 5.82 Å². The van der Waals surface area contributed by atoms with Gasteiger partial charge in [-0.05, 0) is 25.1 Å². The molecule has 108 valence electrons. The largest absolute Gasteiger partial charge is 0.368 e. The quantitative estimate of drug-likeness (QED) is 0.658. The second-order valence-electron chi connectivity index (χ2n) is 4.39. The molecule has 0 fully saturated rings. The molecule has 0 saturated heterocycles. The molecule has 0 aliphatic heterocycles. The average Bonchev–Trinajstić information content (AvgIpc) is 2.76. The molecule has 0 aliphatic rings. The lowest BCUT2D eigenvalue weighted by molar-refractivity contribution is 0.629. The van der Waals surface area contributed by atoms with Crippen LogP contribution in [0.5, 0.6) is 0 Å². The van der Waals surface area contributed by atoms with Gasteiger partial charge in [-0.1, -0.05) is 23.2 Å². The van der Waals surface area contributed by atoms with Crippen LogP contribution in [0.1, 0.15) is 4.88 Å². The van der Waals surface area contributed by atoms with E-state index in [4.69, 9.17) is 28.9 Å². The molecule has 3 aromatic rings. The van der Waals surface area contributed by atoms with Crippen LogP contribution in [0.4, 0.5) is 21.8 Å². The number of hydrogen-bond acceptors (Lipinski definition) is 5. The summed E-state index contributed by atoms with van der Waals surface area (Å²) in [5.74, 6) is 0.0364. The number of nitrogens with two attached hydrogens (primary N) is 1. The summed E-state index contributed by atoms with van der Waals surface area (Å²) >= 11 is 13.1. The number of rotatable bonds is 2. The number of benzene rings is 1. The van der Waals surface area contributed by atoms with E-state index in [2.05, 4.69) is 15.3 Å². The number of thiophene rings is 1. The Kier molecular flexibility index (Phi) is 3.61. The zero-order valence-electron chi connectivity index (χ0n) is 10.7. The van der Waals surface area contributed by atoms with Crippen molar-refractivity contribution < 1.29 is 4.39 Å². The number of nitrogens with zero attached hydrogens (tertiary/aromatic N) is 2. The van der Waals surface area contributed by atoms with Crippen LogP contribution in [0, 0.1) is 12.7 Å². The summed E-state index contributed by atoms with van der Waals surface area (Å²) in [5, 5.41) is 3.76. The normalized spacial score (nSPS) is 11.0. The van der Waals surface area contributed by atoms with Gasteiger partial charge in [0.2, 0.25) is 5.95 Å². The summed E-state index contributed by atoms with van der Waals surface area (Å²) in [4.78, 5) is 10.2. The van der Waals surface area contributed by atoms with Crippen LogP contribution in [0.3, 0.4) is 0 Å². The lowest BCUT2D eigenvalue weighted by Gasteiger charge is -2.09. The topological polar surface area (TPSA) is 63.8 Å². The first-order valence-corrected chi connectivity index (χ1v) is 7.46. The smallest absolute Gasteiger partial charge is 0.223 e. The minimum Gasteiger partial charge on any atom is -0.368 e. The van der Waals surface area contributed by atoms with Gasteiger partial charge in [-0.2, -0.15) is 4.98 Å². The van der Waals surface area contributed by atoms with Crippen LogP contribution < -0.4 is 11.1 Å². The van der Waals surface area contributed by atoms with Crippen molar-refractivity contribution in [2.24, 2.45) is 0 Å². The SMILES string of the molecule is Cc1cc2c(Nc3cc(Cl)c(F)c(Cl)c3)nc(N)nc2s1. The van der Waals surface area contributed by atoms with Gasteiger partial charge in [0, 0.05) is 10.6 Å². The van der Waals surface area contributed by atoms with Crippen LogP contribution in [0.2, 0.25) is 10.0 Å². The summed E-state index contributed by atoms with van der Waals surface area (Å²) in [5.41, 5.74) is 6.23. The van der Waals surface area contributed by atoms with Crippen molar-refractivity contribution in [2.75, 3.05) is 11.1 Å². The van der Waals surface area contributed by atoms with E-state index >= 15 is 0 Å². The van der Waals surface area contributed by atoms with Crippen molar-refractivity contribution in [3.8, 4) is 0 Å². The van der Waals surface area contributed by atoms with Gasteiger partial charge in [-0.25, -0.2) is 9.37 Å². The van der Waals surface area contributed by atoms with Crippen molar-refractivity contribution in [1.29, 1.82) is 0 Å². The molecule has 21 heavy (non-hydrogen) atoms. The minimum absolute atomic E-state index is 0.0650. The maximum atomic E-state index is 13.4. The number of nitrogen functional groups attached to an aromatic ring is 1. The Morgan fingerprint density at radius 1 is 1.19 bits per heavy atom. The molecule has 8 heteroatoms. The van der Waals surface area contributed by atoms with Crippen LogP contribution in [-0.2, 0) is 0 Å². The monoisotopic (exact) mass is 342 g/mol. The summed E-state index contributed by atoms with van der Waals surface area (Å²) < 4.78 is 13.4. The highest BCUT2D eigenvalue weighted by molar-refractivity contribution is 7.18. The van der Waals surface area contributed by atoms with Gasteiger partial charge in [-0.3, -0.25) is 0 Å². The maximum absolute atomic E-state index is 13.4. The molecule has 3 N–H and O–H groups in total. The molecule has 2 heterocycles. The number of aryl methyl sites for hydroxylation is 1. The lowest BCUT2D eigenvalue weighted by Crippen LogP contribution is -2.00. The first kappa shape index (κ1) is 14.3. The van der Waals surface area contributed by atoms with Crippen molar-refractivity contribution in [1.82, 2.24) is 9.97 Å². The van der Waals surface area contributed by atoms with Crippen LogP contribution in [-0.4, -0.2) is 9.97 Å². The first-order valence-electron chi connectivity index (χ1n) is 5.89. The summed E-state index contributed by atoms with van der Waals surface area (Å²) in [6.07, 6.45) is 0. The second kappa shape index (κ2) is 5.29. The highest BCUT2D eigenvalue weighted by Gasteiger charge is 2.12. The van der Waals surface area contributed by atoms with Gasteiger partial charge >= 0.3 is 0 Å². The fourth-order valence-corrected chi connectivity index (χ4v) is 3.29. The Bertz CT molecular complexity index is 827. The fourth-order valence-electron chi connectivity index (χ4n) is 1.92. The molecule has 2 aromatic heterocycles. The van der Waals surface area contributed by atoms with E-state index in [0.717, 1.165) is 15.1 Å². The third-order valence-corrected chi connectivity index (χ3v) is 4.27. The van der Waals surface area contributed by atoms with E-state index in [9.17, 15) is 4.39 Å². The lowest BCUT2D eigenvalue weighted by atomic mass is 10.3. The molecule has 0 spiro atoms. The Morgan fingerprint density at radius 3 is 2.52 bits per heavy atom. The van der Waals surface area contributed by atoms with E-state index in [1.165, 1.54) is 23.5 Å². The molecular formula is C13H9Cl2FN4S. The third kappa shape index (κ3) is 2.74. The van der Waals surface area contributed by atoms with Gasteiger partial charge < -0.3 is 11.1 Å². The number of halogens is 3. The highest BCUT2D eigenvalue weighted by Crippen LogP contribution is 2.33. The first-order chi connectivity index (χ1) is 9.94. The van der Waals surface area contributed by atoms with Gasteiger partial charge in [0.25, 0.3) is 0 Å². The molecular weight excluding hydrogens is 334 g/mol. The zero-order chi connectivity index (χ0) is 15.1. The second-order valence-corrected chi connectivity index (χ2v) is 6.43. The number of nitrogens with one attached hydrogen (secondary N) is 1. The molecule has 1 aromatic carbocycles. The summed E-state index contributed by atoms with van der Waals surface area (Å²) in [6, 6.07) is 4.83. The molecule has 0 radical (unpaired) electrons. The Balaban J connectivity index is 2.09. The standard InChI is InChI=1S/C13H9Cl2FN4S/c1-5-2-7-11(19-13(17)20-12(7)21-5)18-6-3-8(14)10(16)9(15)4-6/h2-4H,1H3,(H3,17,18,19,20). The molecule has 0 bridgehead atoms. The van der Waals surface area contributed by atoms with Gasteiger partial charge in [-0.15, -0.1) is 11.3 Å². The van der Waals surface area contributed by atoms with Crippen molar-refractivity contribution >= 4 is 62.2 Å². The van der Waals surface area contributed by atoms with Crippen LogP contribution in [0.15, 0.2) is 18.2 Å². The predicted molar refractivity (Wildman–Crippen MR) is 86.3 cm³/mol. The number of hydrogen-bond donors (Lipinski definition) is 2. The molecule has 4 nitrogen and oxygen atoms in total. The van der Waals surface area contributed by atoms with Crippen LogP contribution in [0.25, 0.3) is 10.2 Å². The van der Waals surface area contributed by atoms with Crippen molar-refractivity contribution in [3.05, 3.63) is 38.9 Å². The minimum atomic E-state index is -0.650. The van der Waals surface area contributed by atoms with E-state index in [0.29, 0.717) is 11.5 Å². The van der Waals surface area contributed by atoms with E-state index in [1.54, 1.807) is 0 Å². The average molecular weight is 343 g/mol. The third-order valence-electron chi connectivity index (χ3n) is 2.78. The van der Waals surface area contributed by atoms with Crippen molar-refractivity contribution in [2.45, 2.75) is 6.92 Å². The van der Waals surface area contributed by atoms with Crippen LogP contribution >= 0.6 is 34.5 Å². The van der Waals surface area contributed by atoms with E-state index in [-0.39, 0.29) is 16.0 Å². The Hall–Kier alpha value is -1.63. The molecule has 0 saturated carbocycles. The number of anilines is 3. The zero-order valence-corrected chi connectivity index (χ0v) is 13.1. The van der Waals surface area contributed by atoms with Gasteiger partial charge in [0.05, 0.1) is 15.4 Å². The van der Waals surface area contributed by atoms with E-state index < -0.39 is 5.82 Å². The number of fused-ring (bicyclic) bond motifs is 1. The molecule has 0 atom stereocenters. The molecule has 0 amide bonds. The molecule has 0 unspecified atom stereocenters. The summed E-state index contributed by atoms with van der Waals surface area (Å²) in [7, 11) is 0. The van der Waals surface area contributed by atoms with E-state index in [1.807, 2.05) is 13.0 Å². The Labute approximate surface area is 133 Å². The summed E-state index contributed by atoms with van der Waals surface area (Å²) in [6.45, 7) is 1.97. The number of aromatic nitrogens is 2. The predicted octanol–water partition coefficient (Wildman–Crippen LogP) is 4.77. The highest BCUT2D eigenvalue weighted by atomic mass is 35.5. The van der Waals surface area contributed by atoms with Crippen molar-refractivity contribution in [3.63, 3.8) is 0 Å². The Morgan fingerprint density at radius 2 is 1.86 bits per heavy atom.